The van der Waals surface area contributed by atoms with E-state index in [0.29, 0.717) is 0 Å². The van der Waals surface area contributed by atoms with E-state index in [1.54, 1.807) is 13.1 Å². The van der Waals surface area contributed by atoms with Crippen molar-refractivity contribution >= 4 is 19.0 Å². The van der Waals surface area contributed by atoms with Crippen LogP contribution >= 0.6 is 11.8 Å². The molecule has 86 valence electrons. The molecule has 0 aliphatic carbocycles. The van der Waals surface area contributed by atoms with E-state index in [-0.39, 0.29) is 0 Å². The summed E-state index contributed by atoms with van der Waals surface area (Å²) in [5, 5.41) is 4.52. The van der Waals surface area contributed by atoms with Gasteiger partial charge in [0, 0.05) is 17.2 Å². The van der Waals surface area contributed by atoms with Crippen LogP contribution in [0.1, 0.15) is 0 Å². The Bertz CT molecular complexity index is 313. The van der Waals surface area contributed by atoms with Gasteiger partial charge in [0.25, 0.3) is 11.0 Å². The first-order chi connectivity index (χ1) is 6.74. The lowest BCUT2D eigenvalue weighted by Crippen LogP contribution is -2.36. The van der Waals surface area contributed by atoms with Gasteiger partial charge in [-0.05, 0) is 6.26 Å². The predicted octanol–water partition coefficient (Wildman–Crippen LogP) is 2.07. The molecule has 0 aliphatic heterocycles. The fourth-order valence-electron chi connectivity index (χ4n) is 0.674. The zero-order valence-corrected chi connectivity index (χ0v) is 8.74. The van der Waals surface area contributed by atoms with Crippen LogP contribution in [0.3, 0.4) is 0 Å². The normalized spacial score (nSPS) is 10.6. The Balaban J connectivity index is 0.000000336. The molecule has 0 spiro atoms. The van der Waals surface area contributed by atoms with Crippen LogP contribution in [-0.2, 0) is 7.05 Å². The van der Waals surface area contributed by atoms with Crippen molar-refractivity contribution in [3.8, 4) is 0 Å². The molecule has 15 heavy (non-hydrogen) atoms. The Morgan fingerprint density at radius 2 is 1.73 bits per heavy atom. The molecule has 1 aromatic rings. The van der Waals surface area contributed by atoms with Crippen molar-refractivity contribution < 1.29 is 26.3 Å². The fraction of sp³-hybridized carbons (Fsp3) is 0.333. The monoisotopic (exact) mass is 246 g/mol. The molecule has 1 heterocycles. The van der Waals surface area contributed by atoms with E-state index in [1.807, 2.05) is 6.26 Å². The molecule has 2 nitrogen and oxygen atoms in total. The maximum Gasteiger partial charge on any atom is 0.673 e. The third-order valence-corrected chi connectivity index (χ3v) is 1.96. The largest absolute Gasteiger partial charge is 0.673 e. The first kappa shape index (κ1) is 14.1. The molecule has 0 radical (unpaired) electrons. The summed E-state index contributed by atoms with van der Waals surface area (Å²) < 4.78 is 52.9. The van der Waals surface area contributed by atoms with Gasteiger partial charge in [-0.1, -0.05) is 16.4 Å². The summed E-state index contributed by atoms with van der Waals surface area (Å²) in [4.78, 5) is 0. The Labute approximate surface area is 87.6 Å². The summed E-state index contributed by atoms with van der Waals surface area (Å²) in [6.45, 7) is 0. The van der Waals surface area contributed by atoms with Crippen LogP contribution < -0.4 is 4.68 Å². The number of hydrogen-bond donors (Lipinski definition) is 0. The van der Waals surface area contributed by atoms with Gasteiger partial charge in [0.15, 0.2) is 7.05 Å². The molecule has 0 saturated heterocycles. The zero-order valence-electron chi connectivity index (χ0n) is 7.92. The standard InChI is InChI=1S/C6H8FN2S.BF4/c1-9-6(10-2)4-3-5(7)8-9;2-1(3,4)5/h3-4H,1-2H3;/q+1;-1. The van der Waals surface area contributed by atoms with Gasteiger partial charge in [0.1, 0.15) is 0 Å². The molecule has 0 aliphatic rings. The third-order valence-electron chi connectivity index (χ3n) is 1.14. The van der Waals surface area contributed by atoms with Gasteiger partial charge < -0.3 is 17.3 Å². The molecular formula is C6H8BF5N2S. The van der Waals surface area contributed by atoms with E-state index in [9.17, 15) is 21.7 Å². The highest BCUT2D eigenvalue weighted by Crippen LogP contribution is 2.07. The summed E-state index contributed by atoms with van der Waals surface area (Å²) in [5.74, 6) is -0.444. The fourth-order valence-corrected chi connectivity index (χ4v) is 1.18. The molecular weight excluding hydrogens is 238 g/mol. The highest BCUT2D eigenvalue weighted by atomic mass is 32.2. The van der Waals surface area contributed by atoms with Gasteiger partial charge in [0.2, 0.25) is 0 Å². The van der Waals surface area contributed by atoms with Gasteiger partial charge >= 0.3 is 7.25 Å². The summed E-state index contributed by atoms with van der Waals surface area (Å²) >= 11 is 1.54. The number of hydrogen-bond acceptors (Lipinski definition) is 2. The van der Waals surface area contributed by atoms with Crippen molar-refractivity contribution in [2.75, 3.05) is 6.26 Å². The molecule has 0 fully saturated rings. The van der Waals surface area contributed by atoms with E-state index in [0.717, 1.165) is 5.03 Å². The van der Waals surface area contributed by atoms with Crippen molar-refractivity contribution in [2.45, 2.75) is 5.03 Å². The van der Waals surface area contributed by atoms with Crippen molar-refractivity contribution in [3.05, 3.63) is 18.1 Å². The minimum absolute atomic E-state index is 0.444. The van der Waals surface area contributed by atoms with Crippen molar-refractivity contribution in [1.29, 1.82) is 0 Å². The van der Waals surface area contributed by atoms with Crippen molar-refractivity contribution in [2.24, 2.45) is 7.05 Å². The molecule has 1 rings (SSSR count). The van der Waals surface area contributed by atoms with Crippen molar-refractivity contribution in [3.63, 3.8) is 0 Å². The Hall–Kier alpha value is -0.855. The predicted molar refractivity (Wildman–Crippen MR) is 47.3 cm³/mol. The number of rotatable bonds is 1. The minimum Gasteiger partial charge on any atom is -0.418 e. The van der Waals surface area contributed by atoms with Crippen LogP contribution in [-0.4, -0.2) is 18.6 Å². The van der Waals surface area contributed by atoms with E-state index < -0.39 is 13.2 Å². The number of thioether (sulfide) groups is 1. The Morgan fingerprint density at radius 1 is 1.27 bits per heavy atom. The van der Waals surface area contributed by atoms with Gasteiger partial charge in [-0.3, -0.25) is 0 Å². The van der Waals surface area contributed by atoms with Crippen LogP contribution in [0.15, 0.2) is 17.2 Å². The van der Waals surface area contributed by atoms with Crippen LogP contribution in [0, 0.1) is 5.95 Å². The molecule has 0 N–H and O–H groups in total. The molecule has 0 saturated carbocycles. The van der Waals surface area contributed by atoms with E-state index >= 15 is 0 Å². The second-order valence-corrected chi connectivity index (χ2v) is 3.14. The molecule has 0 amide bonds. The summed E-state index contributed by atoms with van der Waals surface area (Å²) in [5.41, 5.74) is 0. The van der Waals surface area contributed by atoms with Crippen molar-refractivity contribution in [1.82, 2.24) is 5.10 Å². The maximum atomic E-state index is 12.3. The molecule has 1 aromatic heterocycles. The quantitative estimate of drug-likeness (QED) is 0.326. The second-order valence-electron chi connectivity index (χ2n) is 2.32. The van der Waals surface area contributed by atoms with Gasteiger partial charge in [-0.15, -0.1) is 0 Å². The lowest BCUT2D eigenvalue weighted by molar-refractivity contribution is -0.768. The van der Waals surface area contributed by atoms with E-state index in [2.05, 4.69) is 5.10 Å². The van der Waals surface area contributed by atoms with Crippen LogP contribution in [0.25, 0.3) is 0 Å². The number of aryl methyl sites for hydroxylation is 1. The Morgan fingerprint density at radius 3 is 2.07 bits per heavy atom. The van der Waals surface area contributed by atoms with Crippen LogP contribution in [0.2, 0.25) is 0 Å². The lowest BCUT2D eigenvalue weighted by Gasteiger charge is -1.94. The summed E-state index contributed by atoms with van der Waals surface area (Å²) in [6, 6.07) is 3.05. The zero-order chi connectivity index (χ0) is 12.1. The average Bonchev–Trinajstić information content (AvgIpc) is 2.01. The number of aromatic nitrogens is 2. The maximum absolute atomic E-state index is 12.3. The van der Waals surface area contributed by atoms with E-state index in [4.69, 9.17) is 0 Å². The van der Waals surface area contributed by atoms with Gasteiger partial charge in [-0.2, -0.15) is 4.39 Å². The molecule has 0 bridgehead atoms. The third kappa shape index (κ3) is 8.16. The first-order valence-electron chi connectivity index (χ1n) is 3.68. The topological polar surface area (TPSA) is 16.8 Å². The first-order valence-corrected chi connectivity index (χ1v) is 4.90. The highest BCUT2D eigenvalue weighted by molar-refractivity contribution is 7.98. The molecule has 0 atom stereocenters. The second kappa shape index (κ2) is 5.89. The van der Waals surface area contributed by atoms with Gasteiger partial charge in [-0.25, -0.2) is 0 Å². The smallest absolute Gasteiger partial charge is 0.418 e. The van der Waals surface area contributed by atoms with Crippen LogP contribution in [0.5, 0.6) is 0 Å². The SMILES string of the molecule is CSc1ccc(F)n[n+]1C.F[B-](F)(F)F. The van der Waals surface area contributed by atoms with Crippen LogP contribution in [0.4, 0.5) is 21.7 Å². The molecule has 0 aromatic carbocycles. The summed E-state index contributed by atoms with van der Waals surface area (Å²) in [6.07, 6.45) is 1.93. The lowest BCUT2D eigenvalue weighted by atomic mass is 10.3. The highest BCUT2D eigenvalue weighted by Gasteiger charge is 2.20. The summed E-state index contributed by atoms with van der Waals surface area (Å²) in [7, 11) is -4.28. The minimum atomic E-state index is -6.00. The molecule has 0 unspecified atom stereocenters. The van der Waals surface area contributed by atoms with E-state index in [1.165, 1.54) is 22.5 Å². The van der Waals surface area contributed by atoms with Gasteiger partial charge in [0.05, 0.1) is 0 Å². The molecule has 9 heteroatoms. The average molecular weight is 246 g/mol. The number of nitrogens with zero attached hydrogens (tertiary/aromatic N) is 2. The Kier molecular flexibility index (Phi) is 5.55. The number of halogens is 5.